The van der Waals surface area contributed by atoms with Crippen molar-refractivity contribution in [1.29, 1.82) is 0 Å². The van der Waals surface area contributed by atoms with Crippen LogP contribution in [0.1, 0.15) is 17.5 Å². The number of nitrogens with one attached hydrogen (secondary N) is 3. The summed E-state index contributed by atoms with van der Waals surface area (Å²) >= 11 is 0. The summed E-state index contributed by atoms with van der Waals surface area (Å²) < 4.78 is 16.8. The summed E-state index contributed by atoms with van der Waals surface area (Å²) in [5.74, 6) is 2.29. The van der Waals surface area contributed by atoms with Crippen LogP contribution in [0.3, 0.4) is 0 Å². The fraction of sp³-hybridized carbons (Fsp3) is 0.179. The van der Waals surface area contributed by atoms with E-state index in [9.17, 15) is 9.59 Å². The Labute approximate surface area is 213 Å². The Bertz CT molecular complexity index is 1470. The largest absolute Gasteiger partial charge is 0.493 e. The number of imide groups is 1. The van der Waals surface area contributed by atoms with E-state index in [1.54, 1.807) is 56.8 Å². The van der Waals surface area contributed by atoms with E-state index in [1.165, 1.54) is 11.1 Å². The average Bonchev–Trinajstić information content (AvgIpc) is 3.37. The number of hydrogen-bond acceptors (Lipinski definition) is 6. The van der Waals surface area contributed by atoms with Gasteiger partial charge in [0.15, 0.2) is 11.5 Å². The van der Waals surface area contributed by atoms with Crippen molar-refractivity contribution in [3.05, 3.63) is 78.0 Å². The van der Waals surface area contributed by atoms with Crippen molar-refractivity contribution in [1.82, 2.24) is 10.3 Å². The van der Waals surface area contributed by atoms with Crippen LogP contribution in [-0.4, -0.2) is 31.3 Å². The average molecular weight is 499 g/mol. The number of nitrogens with zero attached hydrogens (tertiary/aromatic N) is 1. The minimum atomic E-state index is -0.645. The molecule has 5 rings (SSSR count). The fourth-order valence-corrected chi connectivity index (χ4v) is 4.35. The first-order valence-electron chi connectivity index (χ1n) is 11.8. The van der Waals surface area contributed by atoms with E-state index in [0.29, 0.717) is 39.9 Å². The molecule has 0 bridgehead atoms. The molecule has 1 aliphatic carbocycles. The lowest BCUT2D eigenvalue weighted by molar-refractivity contribution is 0.240. The van der Waals surface area contributed by atoms with Crippen molar-refractivity contribution in [2.75, 3.05) is 24.9 Å². The first-order valence-corrected chi connectivity index (χ1v) is 11.8. The summed E-state index contributed by atoms with van der Waals surface area (Å²) in [7, 11) is 3.14. The number of fused-ring (bicyclic) bond motifs is 2. The third-order valence-corrected chi connectivity index (χ3v) is 6.13. The molecule has 3 aromatic carbocycles. The number of carbonyl (C=O) groups is 2. The van der Waals surface area contributed by atoms with Crippen LogP contribution in [-0.2, 0) is 12.8 Å². The number of amides is 4. The zero-order chi connectivity index (χ0) is 25.8. The summed E-state index contributed by atoms with van der Waals surface area (Å²) in [5.41, 5.74) is 4.41. The number of anilines is 2. The molecule has 1 aromatic heterocycles. The molecular weight excluding hydrogens is 472 g/mol. The normalized spacial score (nSPS) is 11.9. The maximum Gasteiger partial charge on any atom is 0.327 e. The number of carbonyl (C=O) groups excluding carboxylic acids is 2. The molecule has 0 aliphatic heterocycles. The van der Waals surface area contributed by atoms with Gasteiger partial charge in [0.2, 0.25) is 0 Å². The second-order valence-electron chi connectivity index (χ2n) is 8.53. The van der Waals surface area contributed by atoms with Gasteiger partial charge in [-0.2, -0.15) is 0 Å². The predicted molar refractivity (Wildman–Crippen MR) is 141 cm³/mol. The minimum absolute atomic E-state index is 0.501. The molecule has 1 aliphatic rings. The van der Waals surface area contributed by atoms with E-state index in [4.69, 9.17) is 14.2 Å². The Morgan fingerprint density at radius 1 is 0.757 bits per heavy atom. The van der Waals surface area contributed by atoms with Crippen molar-refractivity contribution in [2.45, 2.75) is 19.3 Å². The van der Waals surface area contributed by atoms with E-state index >= 15 is 0 Å². The standard InChI is InChI=1S/C28H26N4O5/c1-35-25-15-22-23(16-26(25)36-2)29-13-12-24(22)37-21-10-8-19(9-11-21)30-27(33)32-28(34)31-20-7-6-17-4-3-5-18(17)14-20/h6-16H,3-5H2,1-2H3,(H3,30,31,32,33,34). The van der Waals surface area contributed by atoms with E-state index < -0.39 is 12.1 Å². The number of rotatable bonds is 6. The SMILES string of the molecule is COc1cc2nccc(Oc3ccc(NC(=O)NC(=O)Nc4ccc5c(c4)CCC5)cc3)c2cc1OC. The van der Waals surface area contributed by atoms with Gasteiger partial charge in [0.25, 0.3) is 0 Å². The Balaban J connectivity index is 1.20. The summed E-state index contributed by atoms with van der Waals surface area (Å²) in [4.78, 5) is 28.9. The minimum Gasteiger partial charge on any atom is -0.493 e. The van der Waals surface area contributed by atoms with Gasteiger partial charge in [-0.1, -0.05) is 6.07 Å². The highest BCUT2D eigenvalue weighted by Gasteiger charge is 2.14. The molecule has 37 heavy (non-hydrogen) atoms. The topological polar surface area (TPSA) is 111 Å². The molecule has 1 heterocycles. The third kappa shape index (κ3) is 5.40. The van der Waals surface area contributed by atoms with Crippen LogP contribution in [0.4, 0.5) is 21.0 Å². The number of aromatic nitrogens is 1. The highest BCUT2D eigenvalue weighted by Crippen LogP contribution is 2.37. The van der Waals surface area contributed by atoms with Crippen LogP contribution in [0.2, 0.25) is 0 Å². The second kappa shape index (κ2) is 10.4. The molecule has 0 saturated heterocycles. The van der Waals surface area contributed by atoms with Crippen LogP contribution in [0.25, 0.3) is 10.9 Å². The zero-order valence-electron chi connectivity index (χ0n) is 20.5. The Morgan fingerprint density at radius 3 is 2.19 bits per heavy atom. The molecule has 0 radical (unpaired) electrons. The van der Waals surface area contributed by atoms with Gasteiger partial charge in [-0.05, 0) is 78.9 Å². The van der Waals surface area contributed by atoms with Crippen LogP contribution >= 0.6 is 0 Å². The van der Waals surface area contributed by atoms with Crippen molar-refractivity contribution in [3.8, 4) is 23.0 Å². The lowest BCUT2D eigenvalue weighted by atomic mass is 10.1. The van der Waals surface area contributed by atoms with Gasteiger partial charge < -0.3 is 24.8 Å². The smallest absolute Gasteiger partial charge is 0.327 e. The number of urea groups is 2. The van der Waals surface area contributed by atoms with Crippen molar-refractivity contribution in [2.24, 2.45) is 0 Å². The predicted octanol–water partition coefficient (Wildman–Crippen LogP) is 5.89. The highest BCUT2D eigenvalue weighted by atomic mass is 16.5. The Hall–Kier alpha value is -4.79. The maximum absolute atomic E-state index is 12.3. The number of methoxy groups -OCH3 is 2. The van der Waals surface area contributed by atoms with E-state index in [-0.39, 0.29) is 0 Å². The van der Waals surface area contributed by atoms with Crippen molar-refractivity contribution < 1.29 is 23.8 Å². The molecule has 0 saturated carbocycles. The fourth-order valence-electron chi connectivity index (χ4n) is 4.35. The molecule has 0 spiro atoms. The monoisotopic (exact) mass is 498 g/mol. The van der Waals surface area contributed by atoms with Gasteiger partial charge in [0, 0.05) is 29.0 Å². The van der Waals surface area contributed by atoms with Crippen molar-refractivity contribution >= 4 is 34.3 Å². The molecule has 9 heteroatoms. The molecule has 9 nitrogen and oxygen atoms in total. The lowest BCUT2D eigenvalue weighted by Crippen LogP contribution is -2.37. The highest BCUT2D eigenvalue weighted by molar-refractivity contribution is 6.05. The first kappa shape index (κ1) is 23.9. The molecular formula is C28H26N4O5. The van der Waals surface area contributed by atoms with Gasteiger partial charge in [-0.15, -0.1) is 0 Å². The van der Waals surface area contributed by atoms with E-state index in [0.717, 1.165) is 24.6 Å². The molecule has 3 N–H and O–H groups in total. The van der Waals surface area contributed by atoms with Gasteiger partial charge in [0.1, 0.15) is 11.5 Å². The molecule has 0 fully saturated rings. The quantitative estimate of drug-likeness (QED) is 0.306. The summed E-state index contributed by atoms with van der Waals surface area (Å²) in [6.45, 7) is 0. The number of benzene rings is 3. The van der Waals surface area contributed by atoms with Crippen molar-refractivity contribution in [3.63, 3.8) is 0 Å². The van der Waals surface area contributed by atoms with Gasteiger partial charge in [-0.25, -0.2) is 9.59 Å². The first-order chi connectivity index (χ1) is 18.0. The number of aryl methyl sites for hydroxylation is 2. The Kier molecular flexibility index (Phi) is 6.76. The summed E-state index contributed by atoms with van der Waals surface area (Å²) in [6.07, 6.45) is 4.85. The second-order valence-corrected chi connectivity index (χ2v) is 8.53. The molecule has 0 atom stereocenters. The third-order valence-electron chi connectivity index (χ3n) is 6.13. The van der Waals surface area contributed by atoms with E-state index in [1.807, 2.05) is 24.3 Å². The van der Waals surface area contributed by atoms with Crippen LogP contribution in [0.15, 0.2) is 66.9 Å². The number of hydrogen-bond donors (Lipinski definition) is 3. The summed E-state index contributed by atoms with van der Waals surface area (Å²) in [5, 5.41) is 8.38. The zero-order valence-corrected chi connectivity index (χ0v) is 20.5. The molecule has 4 amide bonds. The van der Waals surface area contributed by atoms with Gasteiger partial charge in [-0.3, -0.25) is 10.3 Å². The lowest BCUT2D eigenvalue weighted by Gasteiger charge is -2.13. The molecule has 0 unspecified atom stereocenters. The molecule has 4 aromatic rings. The van der Waals surface area contributed by atoms with E-state index in [2.05, 4.69) is 20.9 Å². The van der Waals surface area contributed by atoms with Gasteiger partial charge >= 0.3 is 12.1 Å². The van der Waals surface area contributed by atoms with Crippen LogP contribution in [0, 0.1) is 0 Å². The van der Waals surface area contributed by atoms with Crippen LogP contribution in [0.5, 0.6) is 23.0 Å². The number of pyridine rings is 1. The molecule has 188 valence electrons. The van der Waals surface area contributed by atoms with Gasteiger partial charge in [0.05, 0.1) is 19.7 Å². The maximum atomic E-state index is 12.3. The summed E-state index contributed by atoms with van der Waals surface area (Å²) in [6, 6.07) is 16.7. The van der Waals surface area contributed by atoms with Crippen LogP contribution < -0.4 is 30.2 Å². The Morgan fingerprint density at radius 2 is 1.43 bits per heavy atom. The number of ether oxygens (including phenoxy) is 3.